The number of nitrogens with zero attached hydrogens (tertiary/aromatic N) is 3. The minimum Gasteiger partial charge on any atom is -0.468 e. The van der Waals surface area contributed by atoms with Crippen LogP contribution < -0.4 is 9.70 Å². The minimum atomic E-state index is -0.473. The second-order valence-corrected chi connectivity index (χ2v) is 7.87. The fourth-order valence-electron chi connectivity index (χ4n) is 3.30. The van der Waals surface area contributed by atoms with Crippen LogP contribution in [0.2, 0.25) is 0 Å². The van der Waals surface area contributed by atoms with Crippen molar-refractivity contribution in [2.45, 2.75) is 20.4 Å². The van der Waals surface area contributed by atoms with E-state index < -0.39 is 17.8 Å². The predicted molar refractivity (Wildman–Crippen MR) is 123 cm³/mol. The first-order valence-electron chi connectivity index (χ1n) is 10.1. The number of ether oxygens (including phenoxy) is 2. The molecule has 2 aromatic carbocycles. The molecule has 0 saturated carbocycles. The molecule has 9 heteroatoms. The standard InChI is InChI=1S/C23H25N3O5S/c1-5-25(6-2)17-10-7-15(8-11-17)21(28)24-23-26(14-20(27)30-3)18-12-9-16(22(29)31-4)13-19(18)32-23/h7-13H,5-6,14H2,1-4H3. The summed E-state index contributed by atoms with van der Waals surface area (Å²) in [7, 11) is 2.61. The van der Waals surface area contributed by atoms with Crippen LogP contribution >= 0.6 is 11.3 Å². The van der Waals surface area contributed by atoms with Crippen LogP contribution in [0.3, 0.4) is 0 Å². The third-order valence-electron chi connectivity index (χ3n) is 5.06. The molecule has 0 bridgehead atoms. The lowest BCUT2D eigenvalue weighted by molar-refractivity contribution is -0.141. The number of thiazole rings is 1. The molecule has 0 aliphatic rings. The minimum absolute atomic E-state index is 0.110. The van der Waals surface area contributed by atoms with Crippen molar-refractivity contribution in [3.8, 4) is 0 Å². The number of fused-ring (bicyclic) bond motifs is 1. The summed E-state index contributed by atoms with van der Waals surface area (Å²) in [6, 6.07) is 12.2. The first-order valence-corrected chi connectivity index (χ1v) is 11.0. The number of rotatable bonds is 7. The number of esters is 2. The van der Waals surface area contributed by atoms with Gasteiger partial charge in [0, 0.05) is 24.3 Å². The van der Waals surface area contributed by atoms with Crippen molar-refractivity contribution in [2.24, 2.45) is 4.99 Å². The number of methoxy groups -OCH3 is 2. The van der Waals surface area contributed by atoms with Gasteiger partial charge in [0.05, 0.1) is 30.0 Å². The van der Waals surface area contributed by atoms with E-state index >= 15 is 0 Å². The summed E-state index contributed by atoms with van der Waals surface area (Å²) in [6.07, 6.45) is 0. The number of hydrogen-bond acceptors (Lipinski definition) is 7. The van der Waals surface area contributed by atoms with E-state index in [4.69, 9.17) is 9.47 Å². The predicted octanol–water partition coefficient (Wildman–Crippen LogP) is 3.25. The highest BCUT2D eigenvalue weighted by molar-refractivity contribution is 7.16. The van der Waals surface area contributed by atoms with Crippen molar-refractivity contribution >= 4 is 45.1 Å². The molecule has 1 amide bonds. The molecule has 0 N–H and O–H groups in total. The quantitative estimate of drug-likeness (QED) is 0.508. The molecule has 32 heavy (non-hydrogen) atoms. The summed E-state index contributed by atoms with van der Waals surface area (Å²) < 4.78 is 11.9. The summed E-state index contributed by atoms with van der Waals surface area (Å²) >= 11 is 1.21. The summed E-state index contributed by atoms with van der Waals surface area (Å²) in [5.74, 6) is -1.36. The fourth-order valence-corrected chi connectivity index (χ4v) is 4.37. The highest BCUT2D eigenvalue weighted by Crippen LogP contribution is 2.21. The van der Waals surface area contributed by atoms with E-state index in [2.05, 4.69) is 23.7 Å². The molecular weight excluding hydrogens is 430 g/mol. The Kier molecular flexibility index (Phi) is 7.42. The van der Waals surface area contributed by atoms with Gasteiger partial charge in [0.2, 0.25) is 0 Å². The van der Waals surface area contributed by atoms with Gasteiger partial charge >= 0.3 is 11.9 Å². The van der Waals surface area contributed by atoms with Gasteiger partial charge in [0.1, 0.15) is 6.54 Å². The largest absolute Gasteiger partial charge is 0.468 e. The van der Waals surface area contributed by atoms with E-state index in [1.165, 1.54) is 25.6 Å². The second kappa shape index (κ2) is 10.2. The number of carbonyl (C=O) groups excluding carboxylic acids is 3. The Morgan fingerprint density at radius 1 is 0.969 bits per heavy atom. The molecule has 0 atom stereocenters. The molecule has 1 heterocycles. The Morgan fingerprint density at radius 3 is 2.22 bits per heavy atom. The van der Waals surface area contributed by atoms with Gasteiger partial charge in [0.15, 0.2) is 4.80 Å². The second-order valence-electron chi connectivity index (χ2n) is 6.86. The van der Waals surface area contributed by atoms with Crippen molar-refractivity contribution in [2.75, 3.05) is 32.2 Å². The van der Waals surface area contributed by atoms with Gasteiger partial charge in [-0.25, -0.2) is 4.79 Å². The number of hydrogen-bond donors (Lipinski definition) is 0. The van der Waals surface area contributed by atoms with E-state index in [0.717, 1.165) is 18.8 Å². The molecule has 0 radical (unpaired) electrons. The smallest absolute Gasteiger partial charge is 0.337 e. The van der Waals surface area contributed by atoms with E-state index in [1.807, 2.05) is 12.1 Å². The van der Waals surface area contributed by atoms with Gasteiger partial charge in [-0.15, -0.1) is 0 Å². The number of aromatic nitrogens is 1. The van der Waals surface area contributed by atoms with Crippen molar-refractivity contribution in [3.63, 3.8) is 0 Å². The molecule has 0 fully saturated rings. The zero-order valence-electron chi connectivity index (χ0n) is 18.5. The first kappa shape index (κ1) is 23.2. The van der Waals surface area contributed by atoms with Crippen LogP contribution in [0.4, 0.5) is 5.69 Å². The van der Waals surface area contributed by atoms with Crippen LogP contribution in [0.1, 0.15) is 34.6 Å². The summed E-state index contributed by atoms with van der Waals surface area (Å²) in [4.78, 5) is 43.5. The van der Waals surface area contributed by atoms with Gasteiger partial charge in [-0.1, -0.05) is 11.3 Å². The monoisotopic (exact) mass is 455 g/mol. The molecular formula is C23H25N3O5S. The lowest BCUT2D eigenvalue weighted by atomic mass is 10.2. The van der Waals surface area contributed by atoms with Crippen molar-refractivity contribution < 1.29 is 23.9 Å². The summed E-state index contributed by atoms with van der Waals surface area (Å²) in [6.45, 7) is 5.78. The van der Waals surface area contributed by atoms with Gasteiger partial charge in [-0.3, -0.25) is 9.59 Å². The highest BCUT2D eigenvalue weighted by Gasteiger charge is 2.15. The number of carbonyl (C=O) groups is 3. The fraction of sp³-hybridized carbons (Fsp3) is 0.304. The molecule has 1 aromatic heterocycles. The van der Waals surface area contributed by atoms with E-state index in [9.17, 15) is 14.4 Å². The average molecular weight is 456 g/mol. The van der Waals surface area contributed by atoms with Gasteiger partial charge in [0.25, 0.3) is 5.91 Å². The van der Waals surface area contributed by atoms with Crippen LogP contribution in [0.25, 0.3) is 10.2 Å². The molecule has 0 spiro atoms. The number of amides is 1. The van der Waals surface area contributed by atoms with Gasteiger partial charge in [-0.2, -0.15) is 4.99 Å². The van der Waals surface area contributed by atoms with Crippen molar-refractivity contribution in [1.82, 2.24) is 4.57 Å². The van der Waals surface area contributed by atoms with E-state index in [-0.39, 0.29) is 6.54 Å². The van der Waals surface area contributed by atoms with Gasteiger partial charge in [-0.05, 0) is 56.3 Å². The molecule has 168 valence electrons. The van der Waals surface area contributed by atoms with Gasteiger partial charge < -0.3 is 18.9 Å². The Labute approximate surface area is 189 Å². The maximum Gasteiger partial charge on any atom is 0.337 e. The Morgan fingerprint density at radius 2 is 1.62 bits per heavy atom. The molecule has 0 saturated heterocycles. The molecule has 3 rings (SSSR count). The first-order chi connectivity index (χ1) is 15.4. The third kappa shape index (κ3) is 4.88. The Balaban J connectivity index is 2.04. The highest BCUT2D eigenvalue weighted by atomic mass is 32.1. The van der Waals surface area contributed by atoms with E-state index in [1.54, 1.807) is 34.9 Å². The van der Waals surface area contributed by atoms with Crippen LogP contribution in [0.5, 0.6) is 0 Å². The maximum atomic E-state index is 12.9. The average Bonchev–Trinajstić information content (AvgIpc) is 3.15. The van der Waals surface area contributed by atoms with Crippen LogP contribution in [-0.4, -0.2) is 49.7 Å². The molecule has 0 aliphatic heterocycles. The zero-order valence-corrected chi connectivity index (χ0v) is 19.3. The molecule has 8 nitrogen and oxygen atoms in total. The summed E-state index contributed by atoms with van der Waals surface area (Å²) in [5, 5.41) is 0. The third-order valence-corrected chi connectivity index (χ3v) is 6.10. The number of anilines is 1. The lowest BCUT2D eigenvalue weighted by Gasteiger charge is -2.20. The Bertz CT molecular complexity index is 1210. The molecule has 0 unspecified atom stereocenters. The normalized spacial score (nSPS) is 11.4. The van der Waals surface area contributed by atoms with Crippen LogP contribution in [0.15, 0.2) is 47.5 Å². The maximum absolute atomic E-state index is 12.9. The van der Waals surface area contributed by atoms with Crippen molar-refractivity contribution in [1.29, 1.82) is 0 Å². The number of benzene rings is 2. The topological polar surface area (TPSA) is 90.2 Å². The molecule has 0 aliphatic carbocycles. The summed E-state index contributed by atoms with van der Waals surface area (Å²) in [5.41, 5.74) is 2.51. The Hall–Kier alpha value is -3.46. The van der Waals surface area contributed by atoms with Crippen LogP contribution in [0, 0.1) is 0 Å². The zero-order chi connectivity index (χ0) is 23.3. The lowest BCUT2D eigenvalue weighted by Crippen LogP contribution is -2.22. The van der Waals surface area contributed by atoms with E-state index in [0.29, 0.717) is 26.1 Å². The SMILES string of the molecule is CCN(CC)c1ccc(C(=O)N=c2sc3cc(C(=O)OC)ccc3n2CC(=O)OC)cc1. The molecule has 3 aromatic rings. The van der Waals surface area contributed by atoms with Crippen molar-refractivity contribution in [3.05, 3.63) is 58.4 Å². The van der Waals surface area contributed by atoms with Crippen LogP contribution in [-0.2, 0) is 20.8 Å².